The van der Waals surface area contributed by atoms with Gasteiger partial charge in [0.15, 0.2) is 0 Å². The van der Waals surface area contributed by atoms with Crippen molar-refractivity contribution >= 4 is 11.8 Å². The summed E-state index contributed by atoms with van der Waals surface area (Å²) in [5.74, 6) is -0.265. The number of nitrogens with zero attached hydrogens (tertiary/aromatic N) is 1. The van der Waals surface area contributed by atoms with Crippen molar-refractivity contribution in [3.05, 3.63) is 35.4 Å². The first-order valence-corrected chi connectivity index (χ1v) is 6.99. The number of likely N-dealkylation sites (tertiary alicyclic amines) is 1. The fourth-order valence-electron chi connectivity index (χ4n) is 2.36. The summed E-state index contributed by atoms with van der Waals surface area (Å²) in [6.45, 7) is 4.23. The van der Waals surface area contributed by atoms with Gasteiger partial charge in [0.05, 0.1) is 6.04 Å². The Bertz CT molecular complexity index is 478. The summed E-state index contributed by atoms with van der Waals surface area (Å²) < 4.78 is 0. The Morgan fingerprint density at radius 1 is 1.25 bits per heavy atom. The van der Waals surface area contributed by atoms with Gasteiger partial charge in [-0.3, -0.25) is 9.59 Å². The third-order valence-corrected chi connectivity index (χ3v) is 3.64. The van der Waals surface area contributed by atoms with Crippen LogP contribution in [0.4, 0.5) is 0 Å². The van der Waals surface area contributed by atoms with E-state index in [9.17, 15) is 9.59 Å². The number of amides is 2. The van der Waals surface area contributed by atoms with E-state index in [0.717, 1.165) is 31.5 Å². The summed E-state index contributed by atoms with van der Waals surface area (Å²) in [5.41, 5.74) is 6.71. The second kappa shape index (κ2) is 6.52. The number of primary amides is 1. The highest BCUT2D eigenvalue weighted by molar-refractivity contribution is 5.92. The van der Waals surface area contributed by atoms with Gasteiger partial charge in [-0.1, -0.05) is 12.1 Å². The second-order valence-electron chi connectivity index (χ2n) is 5.20. The first-order valence-electron chi connectivity index (χ1n) is 6.99. The van der Waals surface area contributed by atoms with Crippen LogP contribution in [0.5, 0.6) is 0 Å². The minimum absolute atomic E-state index is 0.163. The third kappa shape index (κ3) is 3.57. The summed E-state index contributed by atoms with van der Waals surface area (Å²) in [4.78, 5) is 25.0. The van der Waals surface area contributed by atoms with Gasteiger partial charge in [-0.05, 0) is 37.5 Å². The molecule has 0 bridgehead atoms. The number of nitrogens with two attached hydrogens (primary N) is 1. The van der Waals surface area contributed by atoms with E-state index in [0.29, 0.717) is 12.1 Å². The zero-order valence-electron chi connectivity index (χ0n) is 11.8. The molecule has 20 heavy (non-hydrogen) atoms. The minimum atomic E-state index is -0.429. The zero-order valence-corrected chi connectivity index (χ0v) is 11.8. The molecule has 1 aliphatic rings. The van der Waals surface area contributed by atoms with Crippen molar-refractivity contribution in [2.24, 2.45) is 5.73 Å². The van der Waals surface area contributed by atoms with E-state index in [1.54, 1.807) is 12.1 Å². The molecule has 1 aromatic carbocycles. The maximum atomic E-state index is 12.1. The summed E-state index contributed by atoms with van der Waals surface area (Å²) in [7, 11) is 0. The molecule has 5 heteroatoms. The molecule has 108 valence electrons. The van der Waals surface area contributed by atoms with Crippen molar-refractivity contribution in [2.75, 3.05) is 13.1 Å². The summed E-state index contributed by atoms with van der Waals surface area (Å²) in [5, 5.41) is 3.22. The Labute approximate surface area is 119 Å². The van der Waals surface area contributed by atoms with Gasteiger partial charge in [0.2, 0.25) is 11.8 Å². The molecule has 1 unspecified atom stereocenters. The number of rotatable bonds is 5. The van der Waals surface area contributed by atoms with E-state index in [1.165, 1.54) is 0 Å². The highest BCUT2D eigenvalue weighted by Crippen LogP contribution is 2.09. The lowest BCUT2D eigenvalue weighted by molar-refractivity contribution is -0.131. The van der Waals surface area contributed by atoms with Crippen molar-refractivity contribution in [3.63, 3.8) is 0 Å². The monoisotopic (exact) mass is 275 g/mol. The van der Waals surface area contributed by atoms with Crippen LogP contribution in [-0.2, 0) is 11.3 Å². The Hall–Kier alpha value is -1.88. The lowest BCUT2D eigenvalue weighted by Gasteiger charge is -2.21. The number of hydrogen-bond acceptors (Lipinski definition) is 3. The largest absolute Gasteiger partial charge is 0.366 e. The fourth-order valence-corrected chi connectivity index (χ4v) is 2.36. The van der Waals surface area contributed by atoms with E-state index in [-0.39, 0.29) is 11.9 Å². The number of nitrogens with one attached hydrogen (secondary N) is 1. The van der Waals surface area contributed by atoms with Gasteiger partial charge in [-0.25, -0.2) is 0 Å². The molecule has 0 spiro atoms. The quantitative estimate of drug-likeness (QED) is 0.838. The van der Waals surface area contributed by atoms with E-state index < -0.39 is 5.91 Å². The third-order valence-electron chi connectivity index (χ3n) is 3.64. The van der Waals surface area contributed by atoms with Crippen molar-refractivity contribution < 1.29 is 9.59 Å². The molecular weight excluding hydrogens is 254 g/mol. The average Bonchev–Trinajstić information content (AvgIpc) is 2.98. The second-order valence-corrected chi connectivity index (χ2v) is 5.20. The van der Waals surface area contributed by atoms with E-state index in [4.69, 9.17) is 5.73 Å². The zero-order chi connectivity index (χ0) is 14.5. The summed E-state index contributed by atoms with van der Waals surface area (Å²) in [6, 6.07) is 6.91. The topological polar surface area (TPSA) is 75.4 Å². The molecular formula is C15H21N3O2. The lowest BCUT2D eigenvalue weighted by Crippen LogP contribution is -2.43. The van der Waals surface area contributed by atoms with Crippen LogP contribution in [0.2, 0.25) is 0 Å². The smallest absolute Gasteiger partial charge is 0.248 e. The normalized spacial score (nSPS) is 16.1. The molecule has 2 rings (SSSR count). The molecule has 1 aromatic rings. The van der Waals surface area contributed by atoms with E-state index >= 15 is 0 Å². The number of carbonyl (C=O) groups is 2. The lowest BCUT2D eigenvalue weighted by atomic mass is 10.1. The van der Waals surface area contributed by atoms with Crippen molar-refractivity contribution in [3.8, 4) is 0 Å². The van der Waals surface area contributed by atoms with Gasteiger partial charge < -0.3 is 16.0 Å². The Balaban J connectivity index is 1.84. The molecule has 0 aromatic heterocycles. The van der Waals surface area contributed by atoms with Crippen LogP contribution in [0, 0.1) is 0 Å². The highest BCUT2D eigenvalue weighted by Gasteiger charge is 2.22. The van der Waals surface area contributed by atoms with Gasteiger partial charge in [-0.2, -0.15) is 0 Å². The van der Waals surface area contributed by atoms with Crippen LogP contribution in [-0.4, -0.2) is 35.8 Å². The number of carbonyl (C=O) groups excluding carboxylic acids is 2. The van der Waals surface area contributed by atoms with Gasteiger partial charge in [0.1, 0.15) is 0 Å². The van der Waals surface area contributed by atoms with Crippen LogP contribution >= 0.6 is 0 Å². The van der Waals surface area contributed by atoms with E-state index in [1.807, 2.05) is 24.0 Å². The standard InChI is InChI=1S/C15H21N3O2/c1-11(15(20)18-8-2-3-9-18)17-10-12-4-6-13(7-5-12)14(16)19/h4-7,11,17H,2-3,8-10H2,1H3,(H2,16,19). The maximum absolute atomic E-state index is 12.1. The molecule has 0 radical (unpaired) electrons. The number of hydrogen-bond donors (Lipinski definition) is 2. The summed E-state index contributed by atoms with van der Waals surface area (Å²) >= 11 is 0. The van der Waals surface area contributed by atoms with Crippen molar-refractivity contribution in [2.45, 2.75) is 32.4 Å². The average molecular weight is 275 g/mol. The van der Waals surface area contributed by atoms with Gasteiger partial charge >= 0.3 is 0 Å². The van der Waals surface area contributed by atoms with Crippen molar-refractivity contribution in [1.82, 2.24) is 10.2 Å². The van der Waals surface area contributed by atoms with Crippen LogP contribution in [0.3, 0.4) is 0 Å². The summed E-state index contributed by atoms with van der Waals surface area (Å²) in [6.07, 6.45) is 2.21. The van der Waals surface area contributed by atoms with Crippen LogP contribution in [0.1, 0.15) is 35.7 Å². The Morgan fingerprint density at radius 2 is 1.85 bits per heavy atom. The first-order chi connectivity index (χ1) is 9.58. The first kappa shape index (κ1) is 14.5. The molecule has 0 saturated carbocycles. The molecule has 1 fully saturated rings. The predicted molar refractivity (Wildman–Crippen MR) is 77.1 cm³/mol. The van der Waals surface area contributed by atoms with Gasteiger partial charge in [-0.15, -0.1) is 0 Å². The SMILES string of the molecule is CC(NCc1ccc(C(N)=O)cc1)C(=O)N1CCCC1. The van der Waals surface area contributed by atoms with Gasteiger partial charge in [0.25, 0.3) is 0 Å². The molecule has 2 amide bonds. The molecule has 3 N–H and O–H groups in total. The fraction of sp³-hybridized carbons (Fsp3) is 0.467. The van der Waals surface area contributed by atoms with Crippen LogP contribution in [0.25, 0.3) is 0 Å². The molecule has 0 aliphatic carbocycles. The minimum Gasteiger partial charge on any atom is -0.366 e. The molecule has 1 atom stereocenters. The molecule has 1 aliphatic heterocycles. The number of benzene rings is 1. The predicted octanol–water partition coefficient (Wildman–Crippen LogP) is 0.886. The molecule has 5 nitrogen and oxygen atoms in total. The van der Waals surface area contributed by atoms with Gasteiger partial charge in [0, 0.05) is 25.2 Å². The van der Waals surface area contributed by atoms with Crippen molar-refractivity contribution in [1.29, 1.82) is 0 Å². The Kier molecular flexibility index (Phi) is 4.74. The van der Waals surface area contributed by atoms with Crippen LogP contribution < -0.4 is 11.1 Å². The molecule has 1 saturated heterocycles. The molecule has 1 heterocycles. The highest BCUT2D eigenvalue weighted by atomic mass is 16.2. The Morgan fingerprint density at radius 3 is 2.40 bits per heavy atom. The van der Waals surface area contributed by atoms with Crippen LogP contribution in [0.15, 0.2) is 24.3 Å². The maximum Gasteiger partial charge on any atom is 0.248 e. The van der Waals surface area contributed by atoms with E-state index in [2.05, 4.69) is 5.32 Å².